The van der Waals surface area contributed by atoms with E-state index in [1.54, 1.807) is 0 Å². The maximum Gasteiger partial charge on any atom is 0.138 e. The van der Waals surface area contributed by atoms with Gasteiger partial charge in [-0.1, -0.05) is 179 Å². The molecule has 5 rings (SSSR count). The maximum atomic E-state index is 2.57. The minimum atomic E-state index is -1.99. The molecule has 2 heteroatoms. The highest BCUT2D eigenvalue weighted by Crippen LogP contribution is 2.29. The first-order chi connectivity index (χ1) is 18.1. The van der Waals surface area contributed by atoms with E-state index in [4.69, 9.17) is 0 Å². The first-order valence-corrected chi connectivity index (χ1v) is 18.6. The van der Waals surface area contributed by atoms with Gasteiger partial charge in [-0.05, 0) is 30.4 Å². The lowest BCUT2D eigenvalue weighted by atomic mass is 10.1. The summed E-state index contributed by atoms with van der Waals surface area (Å²) in [5, 5.41) is 5.84. The Kier molecular flexibility index (Phi) is 7.69. The third kappa shape index (κ3) is 5.46. The van der Waals surface area contributed by atoms with E-state index >= 15 is 0 Å². The number of benzene rings is 4. The van der Waals surface area contributed by atoms with Crippen LogP contribution in [0, 0.1) is 0 Å². The van der Waals surface area contributed by atoms with Crippen LogP contribution in [0.4, 0.5) is 0 Å². The molecule has 0 spiro atoms. The van der Waals surface area contributed by atoms with Gasteiger partial charge in [-0.25, -0.2) is 0 Å². The lowest BCUT2D eigenvalue weighted by Crippen LogP contribution is -2.54. The third-order valence-electron chi connectivity index (χ3n) is 8.03. The standard InChI is InChI=1S/C35H36Si2/c1-36(32-18-7-3-8-19-32,33-20-9-4-10-21-33)28-26-30-16-15-17-31(30)27-29-37(2,34-22-11-5-12-23-34)35-24-13-6-14-25-35/h3-14,18-29H,15-17H2,1-2H3/b28-26+,29-27+. The Balaban J connectivity index is 1.52. The second kappa shape index (κ2) is 11.3. The van der Waals surface area contributed by atoms with E-state index in [-0.39, 0.29) is 0 Å². The Bertz CT molecular complexity index is 1200. The average molecular weight is 513 g/mol. The van der Waals surface area contributed by atoms with Crippen molar-refractivity contribution in [3.05, 3.63) is 156 Å². The normalized spacial score (nSPS) is 14.6. The second-order valence-corrected chi connectivity index (χ2v) is 18.2. The van der Waals surface area contributed by atoms with E-state index in [0.29, 0.717) is 0 Å². The van der Waals surface area contributed by atoms with Crippen LogP contribution >= 0.6 is 0 Å². The molecule has 184 valence electrons. The lowest BCUT2D eigenvalue weighted by Gasteiger charge is -2.26. The molecule has 1 aliphatic carbocycles. The molecule has 0 bridgehead atoms. The molecule has 0 N–H and O–H groups in total. The molecule has 0 aromatic heterocycles. The Morgan fingerprint density at radius 3 is 0.973 bits per heavy atom. The molecule has 37 heavy (non-hydrogen) atoms. The lowest BCUT2D eigenvalue weighted by molar-refractivity contribution is 0.906. The molecule has 0 unspecified atom stereocenters. The van der Waals surface area contributed by atoms with Crippen LogP contribution in [0.25, 0.3) is 0 Å². The Labute approximate surface area is 224 Å². The zero-order valence-electron chi connectivity index (χ0n) is 22.0. The summed E-state index contributed by atoms with van der Waals surface area (Å²) >= 11 is 0. The number of hydrogen-bond acceptors (Lipinski definition) is 0. The van der Waals surface area contributed by atoms with Gasteiger partial charge in [-0.2, -0.15) is 0 Å². The van der Waals surface area contributed by atoms with Crippen molar-refractivity contribution in [2.24, 2.45) is 0 Å². The third-order valence-corrected chi connectivity index (χ3v) is 15.8. The molecule has 0 atom stereocenters. The minimum absolute atomic E-state index is 1.17. The summed E-state index contributed by atoms with van der Waals surface area (Å²) < 4.78 is 0. The summed E-state index contributed by atoms with van der Waals surface area (Å²) in [5.41, 5.74) is 8.16. The minimum Gasteiger partial charge on any atom is -0.0858 e. The molecular weight excluding hydrogens is 477 g/mol. The molecule has 0 amide bonds. The average Bonchev–Trinajstić information content (AvgIpc) is 3.44. The number of hydrogen-bond donors (Lipinski definition) is 0. The zero-order chi connectivity index (χ0) is 25.6. The van der Waals surface area contributed by atoms with Gasteiger partial charge in [0, 0.05) is 0 Å². The van der Waals surface area contributed by atoms with Gasteiger partial charge in [0.2, 0.25) is 0 Å². The quantitative estimate of drug-likeness (QED) is 0.238. The second-order valence-electron chi connectivity index (χ2n) is 10.4. The van der Waals surface area contributed by atoms with E-state index in [1.165, 1.54) is 51.2 Å². The van der Waals surface area contributed by atoms with Crippen LogP contribution in [0.2, 0.25) is 13.1 Å². The van der Waals surface area contributed by atoms with Gasteiger partial charge in [0.05, 0.1) is 0 Å². The molecule has 0 radical (unpaired) electrons. The Morgan fingerprint density at radius 1 is 0.432 bits per heavy atom. The first-order valence-electron chi connectivity index (χ1n) is 13.4. The summed E-state index contributed by atoms with van der Waals surface area (Å²) in [6.07, 6.45) is 8.52. The van der Waals surface area contributed by atoms with Crippen LogP contribution in [-0.4, -0.2) is 16.1 Å². The van der Waals surface area contributed by atoms with Crippen LogP contribution in [0.3, 0.4) is 0 Å². The molecule has 0 nitrogen and oxygen atoms in total. The summed E-state index contributed by atoms with van der Waals surface area (Å²) in [6, 6.07) is 44.4. The smallest absolute Gasteiger partial charge is 0.0858 e. The van der Waals surface area contributed by atoms with Gasteiger partial charge in [-0.3, -0.25) is 0 Å². The summed E-state index contributed by atoms with van der Waals surface area (Å²) in [4.78, 5) is 0. The van der Waals surface area contributed by atoms with Crippen molar-refractivity contribution in [3.8, 4) is 0 Å². The molecule has 4 aromatic carbocycles. The van der Waals surface area contributed by atoms with Crippen molar-refractivity contribution >= 4 is 36.9 Å². The Hall–Kier alpha value is -3.47. The predicted octanol–water partition coefficient (Wildman–Crippen LogP) is 6.44. The number of allylic oxidation sites excluding steroid dienone is 4. The van der Waals surface area contributed by atoms with Gasteiger partial charge in [-0.15, -0.1) is 0 Å². The van der Waals surface area contributed by atoms with Crippen LogP contribution in [-0.2, 0) is 0 Å². The highest BCUT2D eigenvalue weighted by Gasteiger charge is 2.30. The predicted molar refractivity (Wildman–Crippen MR) is 167 cm³/mol. The van der Waals surface area contributed by atoms with Gasteiger partial charge in [0.1, 0.15) is 16.1 Å². The van der Waals surface area contributed by atoms with E-state index in [9.17, 15) is 0 Å². The fourth-order valence-corrected chi connectivity index (χ4v) is 11.6. The van der Waals surface area contributed by atoms with E-state index < -0.39 is 16.1 Å². The number of rotatable bonds is 8. The molecule has 4 aromatic rings. The van der Waals surface area contributed by atoms with E-state index in [1.807, 2.05) is 0 Å². The largest absolute Gasteiger partial charge is 0.138 e. The van der Waals surface area contributed by atoms with E-state index in [0.717, 1.165) is 0 Å². The van der Waals surface area contributed by atoms with Crippen LogP contribution in [0.5, 0.6) is 0 Å². The molecule has 0 aliphatic heterocycles. The highest BCUT2D eigenvalue weighted by molar-refractivity contribution is 7.05. The van der Waals surface area contributed by atoms with Gasteiger partial charge in [0.25, 0.3) is 0 Å². The molecule has 0 fully saturated rings. The van der Waals surface area contributed by atoms with Crippen molar-refractivity contribution in [3.63, 3.8) is 0 Å². The SMILES string of the molecule is C[Si](/C=C/C1=C(/C=C/[Si](C)(c2ccccc2)c2ccccc2)CCC1)(c1ccccc1)c1ccccc1. The van der Waals surface area contributed by atoms with Gasteiger partial charge < -0.3 is 0 Å². The summed E-state index contributed by atoms with van der Waals surface area (Å²) in [6.45, 7) is 4.96. The van der Waals surface area contributed by atoms with Crippen LogP contribution < -0.4 is 20.7 Å². The fraction of sp³-hybridized carbons (Fsp3) is 0.143. The fourth-order valence-electron chi connectivity index (χ4n) is 5.56. The van der Waals surface area contributed by atoms with Crippen molar-refractivity contribution in [1.29, 1.82) is 0 Å². The molecule has 0 heterocycles. The molecule has 0 saturated heterocycles. The zero-order valence-corrected chi connectivity index (χ0v) is 24.0. The van der Waals surface area contributed by atoms with Crippen molar-refractivity contribution in [2.45, 2.75) is 32.4 Å². The highest BCUT2D eigenvalue weighted by atomic mass is 28.3. The van der Waals surface area contributed by atoms with Crippen molar-refractivity contribution in [1.82, 2.24) is 0 Å². The van der Waals surface area contributed by atoms with Crippen molar-refractivity contribution < 1.29 is 0 Å². The van der Waals surface area contributed by atoms with Gasteiger partial charge in [0.15, 0.2) is 0 Å². The van der Waals surface area contributed by atoms with Crippen LogP contribution in [0.15, 0.2) is 156 Å². The Morgan fingerprint density at radius 2 is 0.703 bits per heavy atom. The molecule has 0 saturated carbocycles. The topological polar surface area (TPSA) is 0 Å². The molecule has 1 aliphatic rings. The summed E-state index contributed by atoms with van der Waals surface area (Å²) in [7, 11) is -3.99. The van der Waals surface area contributed by atoms with Crippen molar-refractivity contribution in [2.75, 3.05) is 0 Å². The van der Waals surface area contributed by atoms with Gasteiger partial charge >= 0.3 is 0 Å². The maximum absolute atomic E-state index is 2.57. The molecular formula is C35H36Si2. The monoisotopic (exact) mass is 512 g/mol. The summed E-state index contributed by atoms with van der Waals surface area (Å²) in [5.74, 6) is 0. The van der Waals surface area contributed by atoms with Crippen LogP contribution in [0.1, 0.15) is 19.3 Å². The van der Waals surface area contributed by atoms with E-state index in [2.05, 4.69) is 158 Å². The first kappa shape index (κ1) is 25.2.